The Labute approximate surface area is 142 Å². The SMILES string of the molecule is CCCOc1ccc(NS(=O)(=O)c2cc(OC)ccc2OC)cc1. The number of hydrogen-bond donors (Lipinski definition) is 1. The molecule has 0 amide bonds. The van der Waals surface area contributed by atoms with Gasteiger partial charge in [0.25, 0.3) is 10.0 Å². The molecule has 0 aliphatic heterocycles. The van der Waals surface area contributed by atoms with E-state index in [0.717, 1.165) is 6.42 Å². The molecule has 0 aliphatic carbocycles. The Hall–Kier alpha value is -2.41. The lowest BCUT2D eigenvalue weighted by Crippen LogP contribution is -2.14. The van der Waals surface area contributed by atoms with Crippen molar-refractivity contribution >= 4 is 15.7 Å². The maximum Gasteiger partial charge on any atom is 0.265 e. The molecule has 2 aromatic carbocycles. The van der Waals surface area contributed by atoms with E-state index < -0.39 is 10.0 Å². The zero-order valence-electron chi connectivity index (χ0n) is 13.9. The van der Waals surface area contributed by atoms with Gasteiger partial charge >= 0.3 is 0 Å². The van der Waals surface area contributed by atoms with Crippen molar-refractivity contribution in [2.24, 2.45) is 0 Å². The Kier molecular flexibility index (Phi) is 5.92. The Morgan fingerprint density at radius 3 is 2.21 bits per heavy atom. The number of ether oxygens (including phenoxy) is 3. The van der Waals surface area contributed by atoms with E-state index >= 15 is 0 Å². The summed E-state index contributed by atoms with van der Waals surface area (Å²) in [4.78, 5) is 0.00987. The maximum absolute atomic E-state index is 12.6. The fourth-order valence-electron chi connectivity index (χ4n) is 2.04. The first-order chi connectivity index (χ1) is 11.5. The summed E-state index contributed by atoms with van der Waals surface area (Å²) < 4.78 is 43.5. The van der Waals surface area contributed by atoms with Crippen LogP contribution in [0.2, 0.25) is 0 Å². The standard InChI is InChI=1S/C17H21NO5S/c1-4-11-23-14-7-5-13(6-8-14)18-24(19,20)17-12-15(21-2)9-10-16(17)22-3/h5-10,12,18H,4,11H2,1-3H3. The predicted molar refractivity (Wildman–Crippen MR) is 92.6 cm³/mol. The van der Waals surface area contributed by atoms with Crippen LogP contribution in [0.25, 0.3) is 0 Å². The monoisotopic (exact) mass is 351 g/mol. The van der Waals surface area contributed by atoms with E-state index in [4.69, 9.17) is 14.2 Å². The van der Waals surface area contributed by atoms with E-state index in [-0.39, 0.29) is 10.6 Å². The summed E-state index contributed by atoms with van der Waals surface area (Å²) in [6.45, 7) is 2.64. The molecule has 24 heavy (non-hydrogen) atoms. The lowest BCUT2D eigenvalue weighted by molar-refractivity contribution is 0.317. The summed E-state index contributed by atoms with van der Waals surface area (Å²) in [7, 11) is -0.924. The van der Waals surface area contributed by atoms with E-state index in [9.17, 15) is 8.42 Å². The fourth-order valence-corrected chi connectivity index (χ4v) is 3.29. The van der Waals surface area contributed by atoms with Gasteiger partial charge in [0.15, 0.2) is 0 Å². The number of nitrogens with one attached hydrogen (secondary N) is 1. The van der Waals surface area contributed by atoms with Crippen LogP contribution in [0, 0.1) is 0 Å². The van der Waals surface area contributed by atoms with Gasteiger partial charge in [-0.25, -0.2) is 8.42 Å². The van der Waals surface area contributed by atoms with Crippen molar-refractivity contribution in [1.82, 2.24) is 0 Å². The van der Waals surface area contributed by atoms with Gasteiger partial charge in [0.05, 0.1) is 20.8 Å². The molecule has 0 bridgehead atoms. The van der Waals surface area contributed by atoms with Gasteiger partial charge in [-0.1, -0.05) is 6.92 Å². The van der Waals surface area contributed by atoms with Crippen molar-refractivity contribution in [2.45, 2.75) is 18.2 Å². The first-order valence-electron chi connectivity index (χ1n) is 7.48. The molecule has 0 saturated carbocycles. The summed E-state index contributed by atoms with van der Waals surface area (Å²) in [6, 6.07) is 11.3. The summed E-state index contributed by atoms with van der Waals surface area (Å²) in [5.41, 5.74) is 0.434. The van der Waals surface area contributed by atoms with Crippen LogP contribution in [0.15, 0.2) is 47.4 Å². The van der Waals surface area contributed by atoms with Crippen LogP contribution in [0.5, 0.6) is 17.2 Å². The highest BCUT2D eigenvalue weighted by Crippen LogP contribution is 2.30. The highest BCUT2D eigenvalue weighted by molar-refractivity contribution is 7.92. The molecule has 0 fully saturated rings. The lowest BCUT2D eigenvalue weighted by Gasteiger charge is -2.13. The molecule has 0 unspecified atom stereocenters. The van der Waals surface area contributed by atoms with Gasteiger partial charge in [-0.2, -0.15) is 0 Å². The average molecular weight is 351 g/mol. The second kappa shape index (κ2) is 7.92. The Morgan fingerprint density at radius 1 is 0.958 bits per heavy atom. The van der Waals surface area contributed by atoms with Gasteiger partial charge in [-0.3, -0.25) is 4.72 Å². The van der Waals surface area contributed by atoms with Crippen LogP contribution >= 0.6 is 0 Å². The normalized spacial score (nSPS) is 11.0. The third-order valence-corrected chi connectivity index (χ3v) is 4.64. The topological polar surface area (TPSA) is 73.9 Å². The average Bonchev–Trinajstić information content (AvgIpc) is 2.60. The minimum Gasteiger partial charge on any atom is -0.497 e. The third-order valence-electron chi connectivity index (χ3n) is 3.24. The minimum absolute atomic E-state index is 0.00987. The number of anilines is 1. The van der Waals surface area contributed by atoms with Crippen molar-refractivity contribution in [3.8, 4) is 17.2 Å². The van der Waals surface area contributed by atoms with Crippen LogP contribution in [-0.2, 0) is 10.0 Å². The Bertz CT molecular complexity index is 772. The molecule has 0 atom stereocenters. The van der Waals surface area contributed by atoms with Gasteiger partial charge in [0.1, 0.15) is 22.1 Å². The molecule has 2 rings (SSSR count). The van der Waals surface area contributed by atoms with E-state index in [1.165, 1.54) is 20.3 Å². The van der Waals surface area contributed by atoms with E-state index in [1.54, 1.807) is 36.4 Å². The summed E-state index contributed by atoms with van der Waals surface area (Å²) in [5, 5.41) is 0. The summed E-state index contributed by atoms with van der Waals surface area (Å²) in [5.74, 6) is 1.37. The van der Waals surface area contributed by atoms with Gasteiger partial charge in [0.2, 0.25) is 0 Å². The molecule has 0 aliphatic rings. The van der Waals surface area contributed by atoms with Gasteiger partial charge in [0, 0.05) is 11.8 Å². The fraction of sp³-hybridized carbons (Fsp3) is 0.294. The van der Waals surface area contributed by atoms with E-state index in [1.807, 2.05) is 6.92 Å². The molecular formula is C17H21NO5S. The molecule has 2 aromatic rings. The largest absolute Gasteiger partial charge is 0.497 e. The van der Waals surface area contributed by atoms with Crippen molar-refractivity contribution in [3.63, 3.8) is 0 Å². The Morgan fingerprint density at radius 2 is 1.62 bits per heavy atom. The lowest BCUT2D eigenvalue weighted by atomic mass is 10.3. The molecule has 6 nitrogen and oxygen atoms in total. The van der Waals surface area contributed by atoms with Gasteiger partial charge in [-0.15, -0.1) is 0 Å². The summed E-state index contributed by atoms with van der Waals surface area (Å²) >= 11 is 0. The molecule has 0 spiro atoms. The van der Waals surface area contributed by atoms with Gasteiger partial charge < -0.3 is 14.2 Å². The zero-order valence-corrected chi connectivity index (χ0v) is 14.7. The molecule has 7 heteroatoms. The maximum atomic E-state index is 12.6. The minimum atomic E-state index is -3.81. The Balaban J connectivity index is 2.25. The second-order valence-electron chi connectivity index (χ2n) is 5.00. The third kappa shape index (κ3) is 4.32. The van der Waals surface area contributed by atoms with Gasteiger partial charge in [-0.05, 0) is 42.8 Å². The van der Waals surface area contributed by atoms with Crippen molar-refractivity contribution in [1.29, 1.82) is 0 Å². The smallest absolute Gasteiger partial charge is 0.265 e. The zero-order chi connectivity index (χ0) is 17.6. The van der Waals surface area contributed by atoms with E-state index in [0.29, 0.717) is 23.8 Å². The van der Waals surface area contributed by atoms with Crippen molar-refractivity contribution < 1.29 is 22.6 Å². The number of rotatable bonds is 8. The van der Waals surface area contributed by atoms with Crippen LogP contribution in [0.4, 0.5) is 5.69 Å². The molecule has 0 saturated heterocycles. The van der Waals surface area contributed by atoms with Crippen LogP contribution in [0.1, 0.15) is 13.3 Å². The number of benzene rings is 2. The van der Waals surface area contributed by atoms with Crippen molar-refractivity contribution in [2.75, 3.05) is 25.5 Å². The number of sulfonamides is 1. The van der Waals surface area contributed by atoms with Crippen LogP contribution in [-0.4, -0.2) is 29.2 Å². The van der Waals surface area contributed by atoms with E-state index in [2.05, 4.69) is 4.72 Å². The molecule has 130 valence electrons. The molecule has 1 N–H and O–H groups in total. The molecule has 0 aromatic heterocycles. The summed E-state index contributed by atoms with van der Waals surface area (Å²) in [6.07, 6.45) is 0.907. The number of hydrogen-bond acceptors (Lipinski definition) is 5. The van der Waals surface area contributed by atoms with Crippen LogP contribution < -0.4 is 18.9 Å². The highest BCUT2D eigenvalue weighted by atomic mass is 32.2. The highest BCUT2D eigenvalue weighted by Gasteiger charge is 2.20. The first-order valence-corrected chi connectivity index (χ1v) is 8.96. The molecular weight excluding hydrogens is 330 g/mol. The van der Waals surface area contributed by atoms with Crippen molar-refractivity contribution in [3.05, 3.63) is 42.5 Å². The molecule has 0 radical (unpaired) electrons. The first kappa shape index (κ1) is 17.9. The van der Waals surface area contributed by atoms with Crippen LogP contribution in [0.3, 0.4) is 0 Å². The number of methoxy groups -OCH3 is 2. The predicted octanol–water partition coefficient (Wildman–Crippen LogP) is 3.29. The quantitative estimate of drug-likeness (QED) is 0.790. The second-order valence-corrected chi connectivity index (χ2v) is 6.65. The molecule has 0 heterocycles.